The summed E-state index contributed by atoms with van der Waals surface area (Å²) in [5.41, 5.74) is 5.42. The molecule has 0 spiro atoms. The maximum absolute atomic E-state index is 14.1. The number of halogens is 1. The van der Waals surface area contributed by atoms with Gasteiger partial charge in [0.05, 0.1) is 6.42 Å². The topological polar surface area (TPSA) is 37.3 Å². The number of hydrogen-bond donors (Lipinski definition) is 1. The molecule has 0 aromatic heterocycles. The highest BCUT2D eigenvalue weighted by molar-refractivity contribution is 7.98. The molecule has 0 fully saturated rings. The van der Waals surface area contributed by atoms with E-state index in [4.69, 9.17) is 5.11 Å². The number of aryl methyl sites for hydroxylation is 1. The van der Waals surface area contributed by atoms with Crippen molar-refractivity contribution in [2.45, 2.75) is 18.2 Å². The highest BCUT2D eigenvalue weighted by Gasteiger charge is 2.20. The Morgan fingerprint density at radius 1 is 1.25 bits per heavy atom. The molecule has 24 heavy (non-hydrogen) atoms. The van der Waals surface area contributed by atoms with Gasteiger partial charge in [0.25, 0.3) is 0 Å². The number of thioether (sulfide) groups is 1. The van der Waals surface area contributed by atoms with Crippen LogP contribution in [0.15, 0.2) is 47.4 Å². The molecule has 1 N–H and O–H groups in total. The summed E-state index contributed by atoms with van der Waals surface area (Å²) >= 11 is 1.38. The number of aliphatic carboxylic acids is 1. The number of carbonyl (C=O) groups is 1. The second-order valence-corrected chi connectivity index (χ2v) is 6.58. The van der Waals surface area contributed by atoms with Crippen molar-refractivity contribution in [2.24, 2.45) is 0 Å². The molecule has 2 nitrogen and oxygen atoms in total. The maximum Gasteiger partial charge on any atom is 0.307 e. The molecule has 0 atom stereocenters. The Hall–Kier alpha value is -2.33. The first-order valence-electron chi connectivity index (χ1n) is 7.57. The maximum atomic E-state index is 14.1. The highest BCUT2D eigenvalue weighted by atomic mass is 32.2. The summed E-state index contributed by atoms with van der Waals surface area (Å²) in [6.07, 6.45) is 5.64. The first-order chi connectivity index (χ1) is 11.5. The monoisotopic (exact) mass is 340 g/mol. The van der Waals surface area contributed by atoms with Crippen LogP contribution in [0.5, 0.6) is 0 Å². The van der Waals surface area contributed by atoms with E-state index >= 15 is 0 Å². The molecular weight excluding hydrogens is 323 g/mol. The van der Waals surface area contributed by atoms with E-state index in [-0.39, 0.29) is 12.2 Å². The first-order valence-corrected chi connectivity index (χ1v) is 8.80. The van der Waals surface area contributed by atoms with Crippen LogP contribution in [0, 0.1) is 12.7 Å². The predicted molar refractivity (Wildman–Crippen MR) is 97.5 cm³/mol. The summed E-state index contributed by atoms with van der Waals surface area (Å²) in [4.78, 5) is 11.7. The van der Waals surface area contributed by atoms with E-state index < -0.39 is 5.97 Å². The van der Waals surface area contributed by atoms with Gasteiger partial charge < -0.3 is 5.11 Å². The SMILES string of the molecule is CSc1cc(C)c(/C=C2/C=C(CC(=O)O)c3ccccc32)cc1F. The van der Waals surface area contributed by atoms with E-state index in [0.29, 0.717) is 4.90 Å². The van der Waals surface area contributed by atoms with Gasteiger partial charge in [0.1, 0.15) is 5.82 Å². The van der Waals surface area contributed by atoms with Crippen LogP contribution in [0.3, 0.4) is 0 Å². The normalized spacial score (nSPS) is 14.6. The minimum atomic E-state index is -0.858. The van der Waals surface area contributed by atoms with Gasteiger partial charge in [-0.3, -0.25) is 4.79 Å². The molecule has 1 aliphatic rings. The fourth-order valence-corrected chi connectivity index (χ4v) is 3.49. The molecule has 0 heterocycles. The van der Waals surface area contributed by atoms with Gasteiger partial charge in [-0.1, -0.05) is 24.3 Å². The Morgan fingerprint density at radius 2 is 1.96 bits per heavy atom. The minimum Gasteiger partial charge on any atom is -0.481 e. The van der Waals surface area contributed by atoms with Crippen LogP contribution in [-0.2, 0) is 4.79 Å². The molecule has 0 saturated heterocycles. The van der Waals surface area contributed by atoms with Crippen molar-refractivity contribution < 1.29 is 14.3 Å². The van der Waals surface area contributed by atoms with Crippen LogP contribution in [0.2, 0.25) is 0 Å². The molecule has 122 valence electrons. The van der Waals surface area contributed by atoms with E-state index in [9.17, 15) is 9.18 Å². The van der Waals surface area contributed by atoms with Gasteiger partial charge in [-0.25, -0.2) is 4.39 Å². The lowest BCUT2D eigenvalue weighted by Crippen LogP contribution is -1.95. The Kier molecular flexibility index (Phi) is 4.58. The van der Waals surface area contributed by atoms with Crippen LogP contribution in [0.4, 0.5) is 4.39 Å². The molecule has 0 saturated carbocycles. The summed E-state index contributed by atoms with van der Waals surface area (Å²) in [6, 6.07) is 11.1. The van der Waals surface area contributed by atoms with Gasteiger partial charge in [-0.15, -0.1) is 11.8 Å². The van der Waals surface area contributed by atoms with Crippen LogP contribution in [-0.4, -0.2) is 17.3 Å². The zero-order valence-corrected chi connectivity index (χ0v) is 14.3. The number of carboxylic acids is 1. The quantitative estimate of drug-likeness (QED) is 0.771. The van der Waals surface area contributed by atoms with Gasteiger partial charge in [0.15, 0.2) is 0 Å². The molecular formula is C20H17FO2S. The predicted octanol–water partition coefficient (Wildman–Crippen LogP) is 5.27. The fraction of sp³-hybridized carbons (Fsp3) is 0.150. The first kappa shape index (κ1) is 16.5. The summed E-state index contributed by atoms with van der Waals surface area (Å²) in [5.74, 6) is -1.09. The van der Waals surface area contributed by atoms with Crippen molar-refractivity contribution in [3.05, 3.63) is 70.5 Å². The molecule has 2 aromatic rings. The third-order valence-electron chi connectivity index (χ3n) is 4.11. The third kappa shape index (κ3) is 3.15. The smallest absolute Gasteiger partial charge is 0.307 e. The molecule has 0 unspecified atom stereocenters. The van der Waals surface area contributed by atoms with Gasteiger partial charge in [-0.2, -0.15) is 0 Å². The molecule has 0 bridgehead atoms. The van der Waals surface area contributed by atoms with Crippen molar-refractivity contribution in [2.75, 3.05) is 6.26 Å². The van der Waals surface area contributed by atoms with Crippen LogP contribution in [0.1, 0.15) is 28.7 Å². The Bertz CT molecular complexity index is 881. The third-order valence-corrected chi connectivity index (χ3v) is 4.86. The molecule has 3 rings (SSSR count). The molecule has 1 aliphatic carbocycles. The lowest BCUT2D eigenvalue weighted by molar-refractivity contribution is -0.135. The van der Waals surface area contributed by atoms with E-state index in [0.717, 1.165) is 33.4 Å². The second kappa shape index (κ2) is 6.65. The van der Waals surface area contributed by atoms with Crippen molar-refractivity contribution in [1.29, 1.82) is 0 Å². The van der Waals surface area contributed by atoms with Gasteiger partial charge in [0.2, 0.25) is 0 Å². The largest absolute Gasteiger partial charge is 0.481 e. The molecule has 2 aromatic carbocycles. The number of fused-ring (bicyclic) bond motifs is 1. The van der Waals surface area contributed by atoms with Crippen molar-refractivity contribution in [3.63, 3.8) is 0 Å². The molecule has 0 radical (unpaired) electrons. The van der Waals surface area contributed by atoms with Crippen LogP contribution >= 0.6 is 11.8 Å². The summed E-state index contributed by atoms with van der Waals surface area (Å²) in [5, 5.41) is 9.10. The summed E-state index contributed by atoms with van der Waals surface area (Å²) in [6.45, 7) is 1.95. The average Bonchev–Trinajstić information content (AvgIpc) is 2.88. The lowest BCUT2D eigenvalue weighted by Gasteiger charge is -2.07. The molecule has 4 heteroatoms. The Morgan fingerprint density at radius 3 is 2.62 bits per heavy atom. The average molecular weight is 340 g/mol. The van der Waals surface area contributed by atoms with Crippen LogP contribution < -0.4 is 0 Å². The number of carboxylic acid groups (broad SMARTS) is 1. The van der Waals surface area contributed by atoms with E-state index in [2.05, 4.69) is 0 Å². The zero-order valence-electron chi connectivity index (χ0n) is 13.5. The summed E-state index contributed by atoms with van der Waals surface area (Å²) in [7, 11) is 0. The fourth-order valence-electron chi connectivity index (χ4n) is 2.94. The van der Waals surface area contributed by atoms with Crippen molar-refractivity contribution >= 4 is 35.0 Å². The summed E-state index contributed by atoms with van der Waals surface area (Å²) < 4.78 is 14.1. The van der Waals surface area contributed by atoms with E-state index in [1.165, 1.54) is 11.8 Å². The number of allylic oxidation sites excluding steroid dienone is 2. The lowest BCUT2D eigenvalue weighted by atomic mass is 10.0. The number of hydrogen-bond acceptors (Lipinski definition) is 2. The second-order valence-electron chi connectivity index (χ2n) is 5.73. The van der Waals surface area contributed by atoms with Crippen molar-refractivity contribution in [1.82, 2.24) is 0 Å². The Balaban J connectivity index is 2.09. The number of rotatable bonds is 4. The molecule has 0 amide bonds. The zero-order chi connectivity index (χ0) is 17.3. The van der Waals surface area contributed by atoms with Crippen molar-refractivity contribution in [3.8, 4) is 0 Å². The minimum absolute atomic E-state index is 0.0207. The number of benzene rings is 2. The van der Waals surface area contributed by atoms with E-state index in [1.807, 2.05) is 55.7 Å². The molecule has 0 aliphatic heterocycles. The van der Waals surface area contributed by atoms with Gasteiger partial charge >= 0.3 is 5.97 Å². The van der Waals surface area contributed by atoms with Crippen LogP contribution in [0.25, 0.3) is 17.2 Å². The van der Waals surface area contributed by atoms with Gasteiger partial charge in [-0.05, 0) is 70.9 Å². The highest BCUT2D eigenvalue weighted by Crippen LogP contribution is 2.38. The van der Waals surface area contributed by atoms with E-state index in [1.54, 1.807) is 6.07 Å². The van der Waals surface area contributed by atoms with Gasteiger partial charge in [0, 0.05) is 4.90 Å². The Labute approximate surface area is 144 Å². The standard InChI is InChI=1S/C20H17FO2S/c1-12-7-19(24-2)18(21)10-13(12)8-14-9-15(11-20(22)23)17-6-4-3-5-16(14)17/h3-10H,11H2,1-2H3,(H,22,23)/b14-8-.